The first kappa shape index (κ1) is 23.9. The van der Waals surface area contributed by atoms with Gasteiger partial charge in [-0.2, -0.15) is 0 Å². The quantitative estimate of drug-likeness (QED) is 0.290. The van der Waals surface area contributed by atoms with Crippen molar-refractivity contribution in [1.82, 2.24) is 0 Å². The van der Waals surface area contributed by atoms with Gasteiger partial charge in [0.1, 0.15) is 12.6 Å². The van der Waals surface area contributed by atoms with Crippen LogP contribution in [-0.4, -0.2) is 12.5 Å². The van der Waals surface area contributed by atoms with Crippen LogP contribution in [0.2, 0.25) is 0 Å². The fourth-order valence-electron chi connectivity index (χ4n) is 4.97. The number of anilines is 1. The third-order valence-electron chi connectivity index (χ3n) is 6.80. The van der Waals surface area contributed by atoms with Gasteiger partial charge < -0.3 is 10.1 Å². The van der Waals surface area contributed by atoms with Crippen LogP contribution in [0.3, 0.4) is 0 Å². The molecule has 5 rings (SSSR count). The molecule has 0 aliphatic carbocycles. The van der Waals surface area contributed by atoms with Gasteiger partial charge in [-0.3, -0.25) is 0 Å². The zero-order valence-corrected chi connectivity index (χ0v) is 21.5. The largest absolute Gasteiger partial charge is 0.475 e. The lowest BCUT2D eigenvalue weighted by molar-refractivity contribution is 0.319. The number of fused-ring (bicyclic) bond motifs is 1. The van der Waals surface area contributed by atoms with Crippen LogP contribution in [0.15, 0.2) is 102 Å². The zero-order chi connectivity index (χ0) is 25.1. The molecular formula is C33H34N2O. The van der Waals surface area contributed by atoms with Gasteiger partial charge in [-0.05, 0) is 57.0 Å². The lowest BCUT2D eigenvalue weighted by Gasteiger charge is -2.21. The van der Waals surface area contributed by atoms with Gasteiger partial charge in [0.05, 0.1) is 5.70 Å². The fourth-order valence-corrected chi connectivity index (χ4v) is 4.97. The second-order valence-corrected chi connectivity index (χ2v) is 10.1. The van der Waals surface area contributed by atoms with Gasteiger partial charge in [-0.1, -0.05) is 107 Å². The van der Waals surface area contributed by atoms with Crippen molar-refractivity contribution in [3.63, 3.8) is 0 Å². The Morgan fingerprint density at radius 3 is 2.17 bits per heavy atom. The van der Waals surface area contributed by atoms with Crippen molar-refractivity contribution in [2.24, 2.45) is 4.99 Å². The summed E-state index contributed by atoms with van der Waals surface area (Å²) in [6, 6.07) is 31.9. The van der Waals surface area contributed by atoms with E-state index >= 15 is 0 Å². The SMILES string of the molecule is CC(C)c1cccc(C(C)C)c1C1COC(C=C(Nc2ccc3ccccc3c2)c2ccccc2)=N1. The summed E-state index contributed by atoms with van der Waals surface area (Å²) >= 11 is 0. The molecule has 4 aromatic rings. The predicted octanol–water partition coefficient (Wildman–Crippen LogP) is 8.71. The molecule has 0 amide bonds. The van der Waals surface area contributed by atoms with Crippen LogP contribution < -0.4 is 5.32 Å². The summed E-state index contributed by atoms with van der Waals surface area (Å²) in [4.78, 5) is 5.08. The van der Waals surface area contributed by atoms with Crippen LogP contribution in [0, 0.1) is 0 Å². The number of benzene rings is 4. The van der Waals surface area contributed by atoms with Gasteiger partial charge >= 0.3 is 0 Å². The predicted molar refractivity (Wildman–Crippen MR) is 153 cm³/mol. The van der Waals surface area contributed by atoms with E-state index in [2.05, 4.69) is 118 Å². The number of nitrogens with one attached hydrogen (secondary N) is 1. The molecule has 36 heavy (non-hydrogen) atoms. The summed E-state index contributed by atoms with van der Waals surface area (Å²) in [7, 11) is 0. The molecule has 1 aliphatic heterocycles. The molecule has 0 bridgehead atoms. The average molecular weight is 475 g/mol. The standard InChI is InChI=1S/C33H34N2O/c1-22(2)28-15-10-16-29(23(3)4)33(28)31-21-36-32(35-31)20-30(25-12-6-5-7-13-25)34-27-18-17-24-11-8-9-14-26(24)19-27/h5-20,22-23,31,34H,21H2,1-4H3. The van der Waals surface area contributed by atoms with Crippen LogP contribution in [0.25, 0.3) is 16.5 Å². The molecule has 1 heterocycles. The van der Waals surface area contributed by atoms with E-state index < -0.39 is 0 Å². The molecule has 0 fully saturated rings. The van der Waals surface area contributed by atoms with E-state index in [1.54, 1.807) is 0 Å². The summed E-state index contributed by atoms with van der Waals surface area (Å²) in [5.74, 6) is 1.53. The Morgan fingerprint density at radius 1 is 0.806 bits per heavy atom. The second-order valence-electron chi connectivity index (χ2n) is 10.1. The van der Waals surface area contributed by atoms with E-state index in [4.69, 9.17) is 9.73 Å². The molecule has 4 aromatic carbocycles. The highest BCUT2D eigenvalue weighted by atomic mass is 16.5. The molecule has 0 radical (unpaired) electrons. The number of aliphatic imine (C=N–C) groups is 1. The Balaban J connectivity index is 1.52. The lowest BCUT2D eigenvalue weighted by atomic mass is 9.85. The minimum absolute atomic E-state index is 0.00458. The third-order valence-corrected chi connectivity index (χ3v) is 6.80. The van der Waals surface area contributed by atoms with Crippen molar-refractivity contribution >= 4 is 28.1 Å². The van der Waals surface area contributed by atoms with E-state index in [-0.39, 0.29) is 6.04 Å². The lowest BCUT2D eigenvalue weighted by Crippen LogP contribution is -2.09. The first-order valence-corrected chi connectivity index (χ1v) is 12.9. The summed E-state index contributed by atoms with van der Waals surface area (Å²) in [5, 5.41) is 6.06. The number of hydrogen-bond donors (Lipinski definition) is 1. The third kappa shape index (κ3) is 5.06. The minimum atomic E-state index is 0.00458. The number of ether oxygens (including phenoxy) is 1. The van der Waals surface area contributed by atoms with Crippen LogP contribution in [-0.2, 0) is 4.74 Å². The summed E-state index contributed by atoms with van der Waals surface area (Å²) in [6.07, 6.45) is 2.04. The van der Waals surface area contributed by atoms with Gasteiger partial charge in [0.15, 0.2) is 0 Å². The monoisotopic (exact) mass is 474 g/mol. The van der Waals surface area contributed by atoms with Crippen LogP contribution in [0.4, 0.5) is 5.69 Å². The first-order chi connectivity index (χ1) is 17.5. The number of nitrogens with zero attached hydrogens (tertiary/aromatic N) is 1. The highest BCUT2D eigenvalue weighted by Crippen LogP contribution is 2.36. The first-order valence-electron chi connectivity index (χ1n) is 12.9. The Labute approximate surface area is 214 Å². The van der Waals surface area contributed by atoms with Gasteiger partial charge in [0.25, 0.3) is 0 Å². The molecule has 0 saturated carbocycles. The molecule has 0 aromatic heterocycles. The van der Waals surface area contributed by atoms with Crippen LogP contribution >= 0.6 is 0 Å². The van der Waals surface area contributed by atoms with Crippen LogP contribution in [0.1, 0.15) is 67.8 Å². The summed E-state index contributed by atoms with van der Waals surface area (Å²) in [5.41, 5.74) is 7.14. The molecule has 3 heteroatoms. The average Bonchev–Trinajstić information content (AvgIpc) is 3.36. The van der Waals surface area contributed by atoms with Gasteiger partial charge in [0, 0.05) is 11.8 Å². The highest BCUT2D eigenvalue weighted by Gasteiger charge is 2.26. The molecule has 1 N–H and O–H groups in total. The van der Waals surface area contributed by atoms with Crippen molar-refractivity contribution in [1.29, 1.82) is 0 Å². The normalized spacial score (nSPS) is 15.9. The van der Waals surface area contributed by atoms with E-state index in [1.807, 2.05) is 12.1 Å². The fraction of sp³-hybridized carbons (Fsp3) is 0.242. The Morgan fingerprint density at radius 2 is 1.47 bits per heavy atom. The van der Waals surface area contributed by atoms with Gasteiger partial charge in [-0.25, -0.2) is 4.99 Å². The topological polar surface area (TPSA) is 33.6 Å². The summed E-state index contributed by atoms with van der Waals surface area (Å²) in [6.45, 7) is 9.58. The maximum atomic E-state index is 6.18. The Kier molecular flexibility index (Phi) is 6.90. The second kappa shape index (κ2) is 10.4. The minimum Gasteiger partial charge on any atom is -0.475 e. The van der Waals surface area contributed by atoms with Crippen molar-refractivity contribution in [3.8, 4) is 0 Å². The Hall–Kier alpha value is -3.85. The number of hydrogen-bond acceptors (Lipinski definition) is 3. The molecule has 3 nitrogen and oxygen atoms in total. The maximum Gasteiger partial charge on any atom is 0.211 e. The zero-order valence-electron chi connectivity index (χ0n) is 21.5. The molecule has 1 unspecified atom stereocenters. The molecule has 1 atom stereocenters. The molecule has 1 aliphatic rings. The smallest absolute Gasteiger partial charge is 0.211 e. The highest BCUT2D eigenvalue weighted by molar-refractivity contribution is 5.99. The van der Waals surface area contributed by atoms with Crippen molar-refractivity contribution < 1.29 is 4.74 Å². The molecular weight excluding hydrogens is 440 g/mol. The molecule has 0 saturated heterocycles. The van der Waals surface area contributed by atoms with E-state index in [1.165, 1.54) is 27.5 Å². The van der Waals surface area contributed by atoms with Crippen LogP contribution in [0.5, 0.6) is 0 Å². The van der Waals surface area contributed by atoms with Crippen molar-refractivity contribution in [2.45, 2.75) is 45.6 Å². The van der Waals surface area contributed by atoms with E-state index in [0.717, 1.165) is 16.9 Å². The molecule has 182 valence electrons. The van der Waals surface area contributed by atoms with E-state index in [0.29, 0.717) is 24.3 Å². The van der Waals surface area contributed by atoms with Gasteiger partial charge in [0.2, 0.25) is 5.90 Å². The van der Waals surface area contributed by atoms with Gasteiger partial charge in [-0.15, -0.1) is 0 Å². The molecule has 0 spiro atoms. The van der Waals surface area contributed by atoms with Crippen molar-refractivity contribution in [2.75, 3.05) is 11.9 Å². The Bertz CT molecular complexity index is 1390. The van der Waals surface area contributed by atoms with Crippen molar-refractivity contribution in [3.05, 3.63) is 119 Å². The number of rotatable bonds is 7. The summed E-state index contributed by atoms with van der Waals surface area (Å²) < 4.78 is 6.18. The van der Waals surface area contributed by atoms with E-state index in [9.17, 15) is 0 Å². The maximum absolute atomic E-state index is 6.18.